The number of piperidine rings is 1. The second kappa shape index (κ2) is 9.01. The lowest BCUT2D eigenvalue weighted by Crippen LogP contribution is -2.52. The highest BCUT2D eigenvalue weighted by Crippen LogP contribution is 2.51. The van der Waals surface area contributed by atoms with Crippen LogP contribution < -0.4 is 21.3 Å². The van der Waals surface area contributed by atoms with Gasteiger partial charge in [-0.3, -0.25) is 15.0 Å². The van der Waals surface area contributed by atoms with Gasteiger partial charge in [-0.05, 0) is 79.9 Å². The van der Waals surface area contributed by atoms with Gasteiger partial charge in [0.15, 0.2) is 5.78 Å². The van der Waals surface area contributed by atoms with Gasteiger partial charge < -0.3 is 15.0 Å². The van der Waals surface area contributed by atoms with Crippen molar-refractivity contribution in [2.24, 2.45) is 11.8 Å². The van der Waals surface area contributed by atoms with Crippen molar-refractivity contribution in [1.29, 1.82) is 0 Å². The van der Waals surface area contributed by atoms with Crippen molar-refractivity contribution in [2.45, 2.75) is 25.2 Å². The summed E-state index contributed by atoms with van der Waals surface area (Å²) in [7, 11) is 2.09. The lowest BCUT2D eigenvalue weighted by Gasteiger charge is -2.43. The van der Waals surface area contributed by atoms with Gasteiger partial charge in [0.25, 0.3) is 5.91 Å². The predicted octanol–water partition coefficient (Wildman–Crippen LogP) is 3.70. The SMILES string of the molecule is Cc1cc(C(=O)NN)ccc1-c1ccc(C(=O)C2CN(C)CCC23COc2cc4c(cc23)NCC4)cc1. The molecule has 1 spiro atoms. The number of nitrogen functional groups attached to an aromatic ring is 1. The van der Waals surface area contributed by atoms with Gasteiger partial charge in [0, 0.05) is 46.8 Å². The minimum atomic E-state index is -0.319. The van der Waals surface area contributed by atoms with Crippen molar-refractivity contribution < 1.29 is 14.3 Å². The van der Waals surface area contributed by atoms with Gasteiger partial charge in [0.1, 0.15) is 5.75 Å². The monoisotopic (exact) mass is 496 g/mol. The molecule has 0 bridgehead atoms. The Kier molecular flexibility index (Phi) is 5.77. The number of carbonyl (C=O) groups excluding carboxylic acids is 2. The van der Waals surface area contributed by atoms with E-state index < -0.39 is 0 Å². The van der Waals surface area contributed by atoms with Crippen LogP contribution in [-0.4, -0.2) is 49.9 Å². The molecule has 0 saturated carbocycles. The van der Waals surface area contributed by atoms with Crippen LogP contribution in [0, 0.1) is 12.8 Å². The molecule has 3 heterocycles. The molecule has 1 amide bonds. The summed E-state index contributed by atoms with van der Waals surface area (Å²) in [5, 5.41) is 3.50. The van der Waals surface area contributed by atoms with E-state index in [1.165, 1.54) is 16.8 Å². The van der Waals surface area contributed by atoms with E-state index in [1.807, 2.05) is 43.3 Å². The third kappa shape index (κ3) is 3.90. The number of carbonyl (C=O) groups is 2. The molecule has 3 aromatic rings. The van der Waals surface area contributed by atoms with Crippen LogP contribution in [0.3, 0.4) is 0 Å². The number of anilines is 1. The second-order valence-electron chi connectivity index (χ2n) is 10.6. The summed E-state index contributed by atoms with van der Waals surface area (Å²) in [6, 6.07) is 17.8. The Balaban J connectivity index is 1.31. The Bertz CT molecular complexity index is 1400. The number of fused-ring (bicyclic) bond motifs is 3. The minimum Gasteiger partial charge on any atom is -0.492 e. The number of likely N-dealkylation sites (tertiary alicyclic amines) is 1. The van der Waals surface area contributed by atoms with Crippen LogP contribution >= 0.6 is 0 Å². The first-order chi connectivity index (χ1) is 17.9. The molecule has 2 unspecified atom stereocenters. The summed E-state index contributed by atoms with van der Waals surface area (Å²) >= 11 is 0. The van der Waals surface area contributed by atoms with Gasteiger partial charge in [0.05, 0.1) is 6.61 Å². The average molecular weight is 497 g/mol. The third-order valence-corrected chi connectivity index (χ3v) is 8.45. The van der Waals surface area contributed by atoms with Gasteiger partial charge >= 0.3 is 0 Å². The van der Waals surface area contributed by atoms with Gasteiger partial charge in [0.2, 0.25) is 0 Å². The number of nitrogens with zero attached hydrogens (tertiary/aromatic N) is 1. The molecule has 3 aromatic carbocycles. The van der Waals surface area contributed by atoms with E-state index in [0.717, 1.165) is 48.4 Å². The first kappa shape index (κ1) is 23.7. The summed E-state index contributed by atoms with van der Waals surface area (Å²) in [5.74, 6) is 5.87. The number of rotatable bonds is 4. The molecule has 190 valence electrons. The Morgan fingerprint density at radius 2 is 1.89 bits per heavy atom. The van der Waals surface area contributed by atoms with E-state index >= 15 is 0 Å². The Hall–Kier alpha value is -3.68. The maximum atomic E-state index is 14.1. The number of hydrazine groups is 1. The molecule has 1 fully saturated rings. The first-order valence-corrected chi connectivity index (χ1v) is 12.9. The highest BCUT2D eigenvalue weighted by Gasteiger charge is 2.52. The van der Waals surface area contributed by atoms with Gasteiger partial charge in [-0.25, -0.2) is 5.84 Å². The van der Waals surface area contributed by atoms with Crippen LogP contribution in [0.5, 0.6) is 5.75 Å². The first-order valence-electron chi connectivity index (χ1n) is 12.9. The van der Waals surface area contributed by atoms with E-state index in [-0.39, 0.29) is 23.0 Å². The predicted molar refractivity (Wildman–Crippen MR) is 144 cm³/mol. The van der Waals surface area contributed by atoms with Crippen molar-refractivity contribution in [3.8, 4) is 16.9 Å². The van der Waals surface area contributed by atoms with Crippen LogP contribution in [0.1, 0.15) is 43.8 Å². The molecule has 3 aliphatic heterocycles. The van der Waals surface area contributed by atoms with Crippen molar-refractivity contribution in [1.82, 2.24) is 10.3 Å². The number of ether oxygens (including phenoxy) is 1. The van der Waals surface area contributed by atoms with Gasteiger partial charge in [-0.15, -0.1) is 0 Å². The van der Waals surface area contributed by atoms with E-state index in [0.29, 0.717) is 24.3 Å². The largest absolute Gasteiger partial charge is 0.492 e. The second-order valence-corrected chi connectivity index (χ2v) is 10.6. The standard InChI is InChI=1S/C30H32N4O3/c1-18-13-22(29(36)33-31)7-8-23(18)19-3-5-20(6-4-19)28(35)25-16-34(2)12-10-30(25)17-37-27-14-21-9-11-32-26(21)15-24(27)30/h3-8,13-15,25,32H,9-12,16-17,31H2,1-2H3,(H,33,36). The number of nitrogens with one attached hydrogen (secondary N) is 2. The molecule has 0 aliphatic carbocycles. The fraction of sp³-hybridized carbons (Fsp3) is 0.333. The van der Waals surface area contributed by atoms with Crippen LogP contribution in [0.2, 0.25) is 0 Å². The Labute approximate surface area is 217 Å². The van der Waals surface area contributed by atoms with E-state index in [4.69, 9.17) is 10.6 Å². The van der Waals surface area contributed by atoms with Crippen LogP contribution in [0.15, 0.2) is 54.6 Å². The molecule has 1 saturated heterocycles. The number of benzene rings is 3. The van der Waals surface area contributed by atoms with Crippen molar-refractivity contribution >= 4 is 17.4 Å². The molecule has 3 aliphatic rings. The smallest absolute Gasteiger partial charge is 0.265 e. The normalized spacial score (nSPS) is 22.2. The lowest BCUT2D eigenvalue weighted by atomic mass is 9.64. The molecular formula is C30H32N4O3. The van der Waals surface area contributed by atoms with Crippen molar-refractivity contribution in [3.05, 3.63) is 82.4 Å². The number of hydrogen-bond acceptors (Lipinski definition) is 6. The Morgan fingerprint density at radius 1 is 1.11 bits per heavy atom. The zero-order valence-corrected chi connectivity index (χ0v) is 21.3. The molecule has 7 heteroatoms. The van der Waals surface area contributed by atoms with Crippen LogP contribution in [-0.2, 0) is 11.8 Å². The third-order valence-electron chi connectivity index (χ3n) is 8.45. The fourth-order valence-electron chi connectivity index (χ4n) is 6.32. The van der Waals surface area contributed by atoms with Crippen LogP contribution in [0.4, 0.5) is 5.69 Å². The van der Waals surface area contributed by atoms with Gasteiger partial charge in [-0.2, -0.15) is 0 Å². The number of aryl methyl sites for hydroxylation is 1. The zero-order valence-electron chi connectivity index (χ0n) is 21.3. The summed E-state index contributed by atoms with van der Waals surface area (Å²) in [4.78, 5) is 28.2. The molecule has 7 nitrogen and oxygen atoms in total. The van der Waals surface area contributed by atoms with Gasteiger partial charge in [-0.1, -0.05) is 30.3 Å². The molecule has 37 heavy (non-hydrogen) atoms. The molecule has 6 rings (SSSR count). The quantitative estimate of drug-likeness (QED) is 0.221. The Morgan fingerprint density at radius 3 is 2.65 bits per heavy atom. The zero-order chi connectivity index (χ0) is 25.7. The van der Waals surface area contributed by atoms with E-state index in [1.54, 1.807) is 6.07 Å². The molecular weight excluding hydrogens is 464 g/mol. The number of amides is 1. The minimum absolute atomic E-state index is 0.162. The molecule has 0 radical (unpaired) electrons. The van der Waals surface area contributed by atoms with E-state index in [2.05, 4.69) is 34.8 Å². The average Bonchev–Trinajstić information content (AvgIpc) is 3.52. The highest BCUT2D eigenvalue weighted by atomic mass is 16.5. The van der Waals surface area contributed by atoms with Crippen molar-refractivity contribution in [2.75, 3.05) is 38.6 Å². The number of ketones is 1. The fourth-order valence-corrected chi connectivity index (χ4v) is 6.32. The molecule has 0 aromatic heterocycles. The number of hydrogen-bond donors (Lipinski definition) is 3. The summed E-state index contributed by atoms with van der Waals surface area (Å²) < 4.78 is 6.26. The topological polar surface area (TPSA) is 96.7 Å². The van der Waals surface area contributed by atoms with Crippen LogP contribution in [0.25, 0.3) is 11.1 Å². The lowest BCUT2D eigenvalue weighted by molar-refractivity contribution is 0.0590. The van der Waals surface area contributed by atoms with Crippen molar-refractivity contribution in [3.63, 3.8) is 0 Å². The molecule has 4 N–H and O–H groups in total. The maximum absolute atomic E-state index is 14.1. The molecule has 2 atom stereocenters. The number of nitrogens with two attached hydrogens (primary N) is 1. The summed E-state index contributed by atoms with van der Waals surface area (Å²) in [6.45, 7) is 5.11. The summed E-state index contributed by atoms with van der Waals surface area (Å²) in [6.07, 6.45) is 1.91. The highest BCUT2D eigenvalue weighted by molar-refractivity contribution is 6.00. The van der Waals surface area contributed by atoms with E-state index in [9.17, 15) is 9.59 Å². The summed E-state index contributed by atoms with van der Waals surface area (Å²) in [5.41, 5.74) is 9.73. The maximum Gasteiger partial charge on any atom is 0.265 e. The number of Topliss-reactive ketones (excluding diaryl/α,β-unsaturated/α-hetero) is 1.